The van der Waals surface area contributed by atoms with Crippen LogP contribution in [0.2, 0.25) is 0 Å². The van der Waals surface area contributed by atoms with Crippen molar-refractivity contribution in [3.8, 4) is 11.5 Å². The minimum atomic E-state index is -0.824. The number of fused-ring (bicyclic) bond motifs is 4. The Balaban J connectivity index is 1.40. The molecule has 1 N–H and O–H groups in total. The molecule has 0 aliphatic carbocycles. The van der Waals surface area contributed by atoms with Crippen LogP contribution >= 0.6 is 0 Å². The van der Waals surface area contributed by atoms with E-state index in [0.29, 0.717) is 19.8 Å². The van der Waals surface area contributed by atoms with Crippen molar-refractivity contribution in [3.05, 3.63) is 58.7 Å². The first-order chi connectivity index (χ1) is 15.2. The summed E-state index contributed by atoms with van der Waals surface area (Å²) >= 11 is 0. The van der Waals surface area contributed by atoms with Gasteiger partial charge in [-0.15, -0.1) is 0 Å². The van der Waals surface area contributed by atoms with Gasteiger partial charge in [-0.25, -0.2) is 4.79 Å². The van der Waals surface area contributed by atoms with Gasteiger partial charge < -0.3 is 29.0 Å². The van der Waals surface area contributed by atoms with Crippen molar-refractivity contribution in [2.75, 3.05) is 26.7 Å². The first-order valence-electron chi connectivity index (χ1n) is 10.6. The molecule has 8 nitrogen and oxygen atoms in total. The molecule has 2 atom stereocenters. The fraction of sp³-hybridized carbons (Fsp3) is 0.435. The molecule has 0 saturated carbocycles. The summed E-state index contributed by atoms with van der Waals surface area (Å²) in [6.07, 6.45) is 0.0479. The lowest BCUT2D eigenvalue weighted by atomic mass is 9.93. The van der Waals surface area contributed by atoms with Gasteiger partial charge in [0.05, 0.1) is 19.3 Å². The van der Waals surface area contributed by atoms with Crippen LogP contribution in [0, 0.1) is 0 Å². The van der Waals surface area contributed by atoms with Gasteiger partial charge in [-0.3, -0.25) is 4.90 Å². The molecule has 2 bridgehead atoms. The average molecular weight is 424 g/mol. The van der Waals surface area contributed by atoms with Crippen molar-refractivity contribution in [2.24, 2.45) is 0 Å². The fourth-order valence-corrected chi connectivity index (χ4v) is 5.38. The van der Waals surface area contributed by atoms with Crippen LogP contribution in [-0.2, 0) is 22.7 Å². The van der Waals surface area contributed by atoms with Gasteiger partial charge in [0, 0.05) is 36.3 Å². The first-order valence-corrected chi connectivity index (χ1v) is 10.6. The summed E-state index contributed by atoms with van der Waals surface area (Å²) in [6, 6.07) is 12.8. The summed E-state index contributed by atoms with van der Waals surface area (Å²) in [5, 5.41) is 9.51. The van der Waals surface area contributed by atoms with Crippen LogP contribution in [0.5, 0.6) is 11.5 Å². The predicted octanol–water partition coefficient (Wildman–Crippen LogP) is 2.95. The van der Waals surface area contributed by atoms with Gasteiger partial charge in [-0.1, -0.05) is 12.1 Å². The molecule has 6 rings (SSSR count). The molecule has 2 aromatic carbocycles. The van der Waals surface area contributed by atoms with Gasteiger partial charge in [0.2, 0.25) is 0 Å². The Kier molecular flexibility index (Phi) is 4.52. The number of ether oxygens (including phenoxy) is 4. The monoisotopic (exact) mass is 424 g/mol. The van der Waals surface area contributed by atoms with Gasteiger partial charge in [-0.05, 0) is 41.8 Å². The normalized spacial score (nSPS) is 24.5. The van der Waals surface area contributed by atoms with Gasteiger partial charge in [-0.2, -0.15) is 0 Å². The lowest BCUT2D eigenvalue weighted by Crippen LogP contribution is -2.49. The number of amides is 1. The maximum atomic E-state index is 11.6. The Morgan fingerprint density at radius 3 is 2.03 bits per heavy atom. The smallest absolute Gasteiger partial charge is 0.407 e. The van der Waals surface area contributed by atoms with Crippen molar-refractivity contribution < 1.29 is 28.8 Å². The van der Waals surface area contributed by atoms with Crippen LogP contribution < -0.4 is 9.47 Å². The van der Waals surface area contributed by atoms with E-state index < -0.39 is 6.09 Å². The van der Waals surface area contributed by atoms with Gasteiger partial charge in [0.1, 0.15) is 11.5 Å². The Labute approximate surface area is 179 Å². The zero-order chi connectivity index (χ0) is 20.9. The highest BCUT2D eigenvalue weighted by molar-refractivity contribution is 5.66. The van der Waals surface area contributed by atoms with Crippen LogP contribution in [0.3, 0.4) is 0 Å². The Morgan fingerprint density at radius 2 is 1.52 bits per heavy atom. The molecule has 0 radical (unpaired) electrons. The molecule has 2 aromatic rings. The number of carboxylic acid groups (broad SMARTS) is 1. The highest BCUT2D eigenvalue weighted by Crippen LogP contribution is 2.42. The van der Waals surface area contributed by atoms with Gasteiger partial charge >= 0.3 is 6.09 Å². The zero-order valence-electron chi connectivity index (χ0n) is 17.0. The summed E-state index contributed by atoms with van der Waals surface area (Å²) in [7, 11) is 0. The number of benzene rings is 2. The third-order valence-electron chi connectivity index (χ3n) is 6.77. The number of piperazine rings is 1. The van der Waals surface area contributed by atoms with Crippen molar-refractivity contribution >= 4 is 6.09 Å². The van der Waals surface area contributed by atoms with Crippen LogP contribution in [0.15, 0.2) is 36.4 Å². The standard InChI is InChI=1S/C23H24N2O6/c26-23(27)25-9-18-7-19(25)8-24(18)22(14-1-3-20-16(5-14)10-28-12-30-20)15-2-4-21-17(6-15)11-29-13-31-21/h1-6,18-19,22H,7-13H2,(H,26,27)/t18-,19-/m0/s1. The molecule has 4 aliphatic heterocycles. The molecule has 0 unspecified atom stereocenters. The molecule has 8 heteroatoms. The second-order valence-electron chi connectivity index (χ2n) is 8.53. The lowest BCUT2D eigenvalue weighted by molar-refractivity contribution is -0.0165. The molecule has 4 aliphatic rings. The topological polar surface area (TPSA) is 80.7 Å². The third kappa shape index (κ3) is 3.22. The second kappa shape index (κ2) is 7.40. The summed E-state index contributed by atoms with van der Waals surface area (Å²) in [4.78, 5) is 15.6. The second-order valence-corrected chi connectivity index (χ2v) is 8.53. The number of nitrogens with zero attached hydrogens (tertiary/aromatic N) is 2. The quantitative estimate of drug-likeness (QED) is 0.811. The van der Waals surface area contributed by atoms with Gasteiger partial charge in [0.25, 0.3) is 0 Å². The lowest BCUT2D eigenvalue weighted by Gasteiger charge is -2.39. The first kappa shape index (κ1) is 18.9. The highest BCUT2D eigenvalue weighted by atomic mass is 16.7. The van der Waals surface area contributed by atoms with E-state index in [1.807, 2.05) is 12.1 Å². The maximum Gasteiger partial charge on any atom is 0.407 e. The van der Waals surface area contributed by atoms with E-state index >= 15 is 0 Å². The fourth-order valence-electron chi connectivity index (χ4n) is 5.38. The summed E-state index contributed by atoms with van der Waals surface area (Å²) in [5.74, 6) is 1.72. The molecule has 2 fully saturated rings. The largest absolute Gasteiger partial charge is 0.467 e. The number of rotatable bonds is 3. The van der Waals surface area contributed by atoms with E-state index in [-0.39, 0.29) is 31.7 Å². The van der Waals surface area contributed by atoms with E-state index in [1.165, 1.54) is 0 Å². The summed E-state index contributed by atoms with van der Waals surface area (Å²) in [5.41, 5.74) is 4.38. The van der Waals surface area contributed by atoms with E-state index in [1.54, 1.807) is 4.90 Å². The molecule has 4 heterocycles. The van der Waals surface area contributed by atoms with Crippen molar-refractivity contribution in [1.82, 2.24) is 9.80 Å². The molecular formula is C23H24N2O6. The summed E-state index contributed by atoms with van der Waals surface area (Å²) in [6.45, 7) is 2.88. The van der Waals surface area contributed by atoms with E-state index in [2.05, 4.69) is 29.2 Å². The number of carbonyl (C=O) groups is 1. The third-order valence-corrected chi connectivity index (χ3v) is 6.77. The van der Waals surface area contributed by atoms with Crippen LogP contribution in [0.4, 0.5) is 4.79 Å². The minimum Gasteiger partial charge on any atom is -0.467 e. The molecule has 31 heavy (non-hydrogen) atoms. The molecule has 0 aromatic heterocycles. The number of likely N-dealkylation sites (tertiary alicyclic amines) is 2. The summed E-state index contributed by atoms with van der Waals surface area (Å²) < 4.78 is 22.2. The Morgan fingerprint density at radius 1 is 0.903 bits per heavy atom. The maximum absolute atomic E-state index is 11.6. The highest BCUT2D eigenvalue weighted by Gasteiger charge is 2.48. The average Bonchev–Trinajstić information content (AvgIpc) is 3.40. The van der Waals surface area contributed by atoms with Crippen molar-refractivity contribution in [2.45, 2.75) is 37.8 Å². The molecule has 162 valence electrons. The molecule has 2 saturated heterocycles. The number of hydrogen-bond donors (Lipinski definition) is 1. The van der Waals surface area contributed by atoms with E-state index in [0.717, 1.165) is 46.7 Å². The van der Waals surface area contributed by atoms with Crippen LogP contribution in [0.25, 0.3) is 0 Å². The van der Waals surface area contributed by atoms with Crippen LogP contribution in [0.1, 0.15) is 34.7 Å². The molecule has 1 amide bonds. The van der Waals surface area contributed by atoms with Crippen molar-refractivity contribution in [1.29, 1.82) is 0 Å². The van der Waals surface area contributed by atoms with Crippen LogP contribution in [-0.4, -0.2) is 59.8 Å². The molecular weight excluding hydrogens is 400 g/mol. The zero-order valence-corrected chi connectivity index (χ0v) is 17.0. The van der Waals surface area contributed by atoms with E-state index in [9.17, 15) is 9.90 Å². The predicted molar refractivity (Wildman–Crippen MR) is 109 cm³/mol. The van der Waals surface area contributed by atoms with E-state index in [4.69, 9.17) is 18.9 Å². The number of hydrogen-bond acceptors (Lipinski definition) is 6. The van der Waals surface area contributed by atoms with Gasteiger partial charge in [0.15, 0.2) is 13.6 Å². The Bertz CT molecular complexity index is 968. The SMILES string of the molecule is O=C(O)N1C[C@@H]2C[C@H]1CN2C(c1ccc2c(c1)COCO2)c1ccc2c(c1)COCO2. The minimum absolute atomic E-state index is 0.00500. The van der Waals surface area contributed by atoms with Crippen molar-refractivity contribution in [3.63, 3.8) is 0 Å². The molecule has 0 spiro atoms. The Hall–Kier alpha value is -2.81.